The molecule has 0 amide bonds. The fourth-order valence-electron chi connectivity index (χ4n) is 3.57. The van der Waals surface area contributed by atoms with Gasteiger partial charge < -0.3 is 4.52 Å². The van der Waals surface area contributed by atoms with Crippen LogP contribution < -0.4 is 0 Å². The average Bonchev–Trinajstić information content (AvgIpc) is 2.94. The van der Waals surface area contributed by atoms with Crippen molar-refractivity contribution in [1.82, 2.24) is 10.1 Å². The van der Waals surface area contributed by atoms with Gasteiger partial charge in [0, 0.05) is 0 Å². The number of nitrogens with zero attached hydrogens (tertiary/aromatic N) is 3. The van der Waals surface area contributed by atoms with Crippen molar-refractivity contribution in [2.75, 3.05) is 0 Å². The van der Waals surface area contributed by atoms with E-state index < -0.39 is 0 Å². The summed E-state index contributed by atoms with van der Waals surface area (Å²) in [7, 11) is 0. The molecule has 4 heteroatoms. The van der Waals surface area contributed by atoms with Gasteiger partial charge in [0.2, 0.25) is 5.89 Å². The van der Waals surface area contributed by atoms with Gasteiger partial charge in [0.15, 0.2) is 5.82 Å². The maximum Gasteiger partial charge on any atom is 0.231 e. The van der Waals surface area contributed by atoms with Crippen molar-refractivity contribution in [2.45, 2.75) is 43.4 Å². The van der Waals surface area contributed by atoms with Gasteiger partial charge in [0.05, 0.1) is 23.3 Å². The van der Waals surface area contributed by atoms with Crippen LogP contribution in [0.25, 0.3) is 0 Å². The highest BCUT2D eigenvalue weighted by atomic mass is 16.5. The second kappa shape index (κ2) is 4.70. The summed E-state index contributed by atoms with van der Waals surface area (Å²) in [6, 6.07) is 12.8. The van der Waals surface area contributed by atoms with E-state index in [-0.39, 0.29) is 17.3 Å². The van der Waals surface area contributed by atoms with E-state index in [1.807, 2.05) is 6.07 Å². The Balaban J connectivity index is 1.71. The normalized spacial score (nSPS) is 26.4. The van der Waals surface area contributed by atoms with Crippen LogP contribution in [0.1, 0.15) is 55.3 Å². The van der Waals surface area contributed by atoms with E-state index >= 15 is 0 Å². The van der Waals surface area contributed by atoms with Gasteiger partial charge in [0.1, 0.15) is 0 Å². The van der Waals surface area contributed by atoms with Crippen LogP contribution in [0.3, 0.4) is 0 Å². The first-order chi connectivity index (χ1) is 10.3. The van der Waals surface area contributed by atoms with E-state index in [4.69, 9.17) is 9.78 Å². The summed E-state index contributed by atoms with van der Waals surface area (Å²) >= 11 is 0. The molecule has 2 aliphatic carbocycles. The molecule has 0 radical (unpaired) electrons. The third kappa shape index (κ3) is 1.96. The third-order valence-electron chi connectivity index (χ3n) is 4.93. The van der Waals surface area contributed by atoms with Crippen LogP contribution in [0.2, 0.25) is 0 Å². The van der Waals surface area contributed by atoms with Crippen molar-refractivity contribution < 1.29 is 4.52 Å². The highest BCUT2D eigenvalue weighted by Gasteiger charge is 2.46. The van der Waals surface area contributed by atoms with E-state index in [1.165, 1.54) is 18.4 Å². The molecule has 2 aromatic rings. The molecule has 2 saturated carbocycles. The van der Waals surface area contributed by atoms with Gasteiger partial charge in [0.25, 0.3) is 0 Å². The van der Waals surface area contributed by atoms with Gasteiger partial charge in [-0.2, -0.15) is 10.2 Å². The van der Waals surface area contributed by atoms with Gasteiger partial charge in [-0.05, 0) is 24.8 Å². The van der Waals surface area contributed by atoms with Crippen molar-refractivity contribution in [3.63, 3.8) is 0 Å². The van der Waals surface area contributed by atoms with Crippen molar-refractivity contribution >= 4 is 0 Å². The predicted molar refractivity (Wildman–Crippen MR) is 76.4 cm³/mol. The van der Waals surface area contributed by atoms with Gasteiger partial charge in [-0.3, -0.25) is 0 Å². The molecule has 2 atom stereocenters. The highest BCUT2D eigenvalue weighted by Crippen LogP contribution is 2.49. The van der Waals surface area contributed by atoms with Crippen LogP contribution in [0.5, 0.6) is 0 Å². The quantitative estimate of drug-likeness (QED) is 0.861. The zero-order valence-electron chi connectivity index (χ0n) is 11.8. The molecule has 0 N–H and O–H groups in total. The first kappa shape index (κ1) is 12.6. The summed E-state index contributed by atoms with van der Waals surface area (Å²) in [6.07, 6.45) is 5.40. The number of benzene rings is 1. The summed E-state index contributed by atoms with van der Waals surface area (Å²) in [5.74, 6) is 1.68. The molecular formula is C17H17N3O. The monoisotopic (exact) mass is 279 g/mol. The number of hydrogen-bond acceptors (Lipinski definition) is 4. The maximum absolute atomic E-state index is 8.94. The summed E-state index contributed by atoms with van der Waals surface area (Å²) in [5, 5.41) is 13.2. The maximum atomic E-state index is 8.94. The van der Waals surface area contributed by atoms with E-state index in [0.717, 1.165) is 25.1 Å². The molecule has 4 nitrogen and oxygen atoms in total. The van der Waals surface area contributed by atoms with Crippen LogP contribution in [-0.4, -0.2) is 10.1 Å². The Labute approximate surface area is 123 Å². The molecule has 1 aromatic heterocycles. The molecule has 2 unspecified atom stereocenters. The lowest BCUT2D eigenvalue weighted by Gasteiger charge is -2.25. The van der Waals surface area contributed by atoms with Crippen LogP contribution in [0.15, 0.2) is 34.9 Å². The number of hydrogen-bond donors (Lipinski definition) is 0. The minimum absolute atomic E-state index is 0.0644. The first-order valence-electron chi connectivity index (χ1n) is 7.63. The van der Waals surface area contributed by atoms with Gasteiger partial charge >= 0.3 is 0 Å². The minimum Gasteiger partial charge on any atom is -0.339 e. The Morgan fingerprint density at radius 1 is 1.19 bits per heavy atom. The first-order valence-corrected chi connectivity index (χ1v) is 7.63. The van der Waals surface area contributed by atoms with Crippen LogP contribution in [-0.2, 0) is 5.41 Å². The zero-order chi connectivity index (χ0) is 14.3. The molecule has 21 heavy (non-hydrogen) atoms. The molecule has 1 heterocycles. The van der Waals surface area contributed by atoms with E-state index in [2.05, 4.69) is 40.5 Å². The highest BCUT2D eigenvalue weighted by molar-refractivity contribution is 5.34. The summed E-state index contributed by atoms with van der Waals surface area (Å²) in [5.41, 5.74) is 1.18. The van der Waals surface area contributed by atoms with Gasteiger partial charge in [-0.1, -0.05) is 48.3 Å². The van der Waals surface area contributed by atoms with Gasteiger partial charge in [-0.15, -0.1) is 0 Å². The summed E-state index contributed by atoms with van der Waals surface area (Å²) in [6.45, 7) is 0. The Morgan fingerprint density at radius 3 is 2.62 bits per heavy atom. The van der Waals surface area contributed by atoms with Crippen LogP contribution >= 0.6 is 0 Å². The second-order valence-corrected chi connectivity index (χ2v) is 6.19. The summed E-state index contributed by atoms with van der Waals surface area (Å²) in [4.78, 5) is 4.67. The predicted octanol–water partition coefficient (Wildman–Crippen LogP) is 3.56. The zero-order valence-corrected chi connectivity index (χ0v) is 11.8. The van der Waals surface area contributed by atoms with Gasteiger partial charge in [-0.25, -0.2) is 0 Å². The van der Waals surface area contributed by atoms with Crippen LogP contribution in [0, 0.1) is 17.2 Å². The standard InChI is InChI=1S/C17H17N3O/c18-11-12-10-14(12)15-19-16(20-21-15)17(8-4-5-9-17)13-6-2-1-3-7-13/h1-3,6-7,12,14H,4-5,8-10H2. The molecule has 0 saturated heterocycles. The lowest BCUT2D eigenvalue weighted by molar-refractivity contribution is 0.359. The molecule has 4 rings (SSSR count). The molecule has 106 valence electrons. The van der Waals surface area contributed by atoms with Crippen molar-refractivity contribution in [2.24, 2.45) is 5.92 Å². The number of nitriles is 1. The smallest absolute Gasteiger partial charge is 0.231 e. The second-order valence-electron chi connectivity index (χ2n) is 6.19. The molecule has 2 aliphatic rings. The lowest BCUT2D eigenvalue weighted by Crippen LogP contribution is -2.25. The molecule has 0 spiro atoms. The van der Waals surface area contributed by atoms with Crippen molar-refractivity contribution in [1.29, 1.82) is 5.26 Å². The fraction of sp³-hybridized carbons (Fsp3) is 0.471. The SMILES string of the molecule is N#CC1CC1c1nc(C2(c3ccccc3)CCCC2)no1. The van der Waals surface area contributed by atoms with E-state index in [0.29, 0.717) is 5.89 Å². The molecule has 0 bridgehead atoms. The summed E-state index contributed by atoms with van der Waals surface area (Å²) < 4.78 is 5.47. The topological polar surface area (TPSA) is 62.7 Å². The minimum atomic E-state index is -0.0972. The van der Waals surface area contributed by atoms with E-state index in [1.54, 1.807) is 0 Å². The Hall–Kier alpha value is -2.15. The Morgan fingerprint density at radius 2 is 1.95 bits per heavy atom. The number of aromatic nitrogens is 2. The Kier molecular flexibility index (Phi) is 2.81. The van der Waals surface area contributed by atoms with Crippen molar-refractivity contribution in [3.05, 3.63) is 47.6 Å². The van der Waals surface area contributed by atoms with Crippen LogP contribution in [0.4, 0.5) is 0 Å². The fourth-order valence-corrected chi connectivity index (χ4v) is 3.57. The number of rotatable bonds is 3. The average molecular weight is 279 g/mol. The molecule has 0 aliphatic heterocycles. The lowest BCUT2D eigenvalue weighted by atomic mass is 9.78. The third-order valence-corrected chi connectivity index (χ3v) is 4.93. The largest absolute Gasteiger partial charge is 0.339 e. The van der Waals surface area contributed by atoms with E-state index in [9.17, 15) is 0 Å². The molecule has 1 aromatic carbocycles. The van der Waals surface area contributed by atoms with Crippen molar-refractivity contribution in [3.8, 4) is 6.07 Å². The Bertz CT molecular complexity index is 680. The molecular weight excluding hydrogens is 262 g/mol. The molecule has 2 fully saturated rings.